The summed E-state index contributed by atoms with van der Waals surface area (Å²) >= 11 is 0. The predicted octanol–water partition coefficient (Wildman–Crippen LogP) is 0.606. The maximum absolute atomic E-state index is 12.2. The van der Waals surface area contributed by atoms with Gasteiger partial charge < -0.3 is 10.3 Å². The van der Waals surface area contributed by atoms with Crippen LogP contribution in [0, 0.1) is 11.8 Å². The summed E-state index contributed by atoms with van der Waals surface area (Å²) in [5.41, 5.74) is 6.05. The van der Waals surface area contributed by atoms with Crippen LogP contribution in [-0.4, -0.2) is 27.8 Å². The highest BCUT2D eigenvalue weighted by atomic mass is 16.2. The number of hydrogen-bond donors (Lipinski definition) is 1. The Balaban J connectivity index is 1.61. The molecule has 1 aliphatic carbocycles. The van der Waals surface area contributed by atoms with Crippen LogP contribution in [0.15, 0.2) is 23.1 Å². The number of aryl methyl sites for hydroxylation is 1. The van der Waals surface area contributed by atoms with E-state index >= 15 is 0 Å². The summed E-state index contributed by atoms with van der Waals surface area (Å²) in [6, 6.07) is 2.99. The van der Waals surface area contributed by atoms with Gasteiger partial charge in [0, 0.05) is 31.0 Å². The quantitative estimate of drug-likeness (QED) is 0.823. The van der Waals surface area contributed by atoms with Crippen molar-refractivity contribution in [3.8, 4) is 0 Å². The fourth-order valence-electron chi connectivity index (χ4n) is 3.40. The zero-order chi connectivity index (χ0) is 15.0. The second kappa shape index (κ2) is 5.35. The maximum Gasteiger partial charge on any atom is 0.250 e. The standard InChI is InChI=1S/C15H19N3O3/c16-10-5-6-13(19)17(9-10)7-2-8-18-14(20)11-3-1-4-12(11)15(18)21/h5-6,9,11-12H,1-4,7-8,16H2. The van der Waals surface area contributed by atoms with Crippen molar-refractivity contribution < 1.29 is 9.59 Å². The van der Waals surface area contributed by atoms with Crippen molar-refractivity contribution in [2.24, 2.45) is 11.8 Å². The van der Waals surface area contributed by atoms with Crippen LogP contribution in [0.4, 0.5) is 5.69 Å². The van der Waals surface area contributed by atoms with Crippen molar-refractivity contribution in [1.82, 2.24) is 9.47 Å². The number of amides is 2. The summed E-state index contributed by atoms with van der Waals surface area (Å²) in [5, 5.41) is 0. The molecule has 0 bridgehead atoms. The lowest BCUT2D eigenvalue weighted by molar-refractivity contribution is -0.140. The van der Waals surface area contributed by atoms with E-state index in [-0.39, 0.29) is 29.2 Å². The molecule has 1 aromatic heterocycles. The minimum atomic E-state index is -0.125. The van der Waals surface area contributed by atoms with Crippen molar-refractivity contribution in [3.05, 3.63) is 28.7 Å². The normalized spacial score (nSPS) is 24.7. The Morgan fingerprint density at radius 3 is 2.38 bits per heavy atom. The van der Waals surface area contributed by atoms with Crippen LogP contribution in [0.3, 0.4) is 0 Å². The Labute approximate surface area is 122 Å². The van der Waals surface area contributed by atoms with Crippen LogP contribution in [-0.2, 0) is 16.1 Å². The van der Waals surface area contributed by atoms with Crippen LogP contribution in [0.2, 0.25) is 0 Å². The molecule has 1 saturated heterocycles. The van der Waals surface area contributed by atoms with Gasteiger partial charge in [-0.15, -0.1) is 0 Å². The molecule has 2 N–H and O–H groups in total. The topological polar surface area (TPSA) is 85.4 Å². The van der Waals surface area contributed by atoms with E-state index in [1.807, 2.05) is 0 Å². The van der Waals surface area contributed by atoms with Gasteiger partial charge in [0.25, 0.3) is 5.56 Å². The molecule has 2 atom stereocenters. The molecule has 112 valence electrons. The van der Waals surface area contributed by atoms with Gasteiger partial charge in [-0.2, -0.15) is 0 Å². The predicted molar refractivity (Wildman–Crippen MR) is 77.3 cm³/mol. The smallest absolute Gasteiger partial charge is 0.250 e. The summed E-state index contributed by atoms with van der Waals surface area (Å²) < 4.78 is 1.52. The van der Waals surface area contributed by atoms with E-state index in [9.17, 15) is 14.4 Å². The van der Waals surface area contributed by atoms with Gasteiger partial charge in [0.1, 0.15) is 0 Å². The van der Waals surface area contributed by atoms with Crippen LogP contribution >= 0.6 is 0 Å². The molecule has 1 aliphatic heterocycles. The summed E-state index contributed by atoms with van der Waals surface area (Å²) in [4.78, 5) is 37.4. The molecular weight excluding hydrogens is 270 g/mol. The van der Waals surface area contributed by atoms with Crippen molar-refractivity contribution in [3.63, 3.8) is 0 Å². The van der Waals surface area contributed by atoms with Gasteiger partial charge in [0.15, 0.2) is 0 Å². The monoisotopic (exact) mass is 289 g/mol. The number of carbonyl (C=O) groups is 2. The largest absolute Gasteiger partial charge is 0.398 e. The third-order valence-electron chi connectivity index (χ3n) is 4.47. The zero-order valence-electron chi connectivity index (χ0n) is 11.8. The van der Waals surface area contributed by atoms with E-state index in [2.05, 4.69) is 0 Å². The number of aromatic nitrogens is 1. The lowest BCUT2D eigenvalue weighted by Crippen LogP contribution is -2.33. The lowest BCUT2D eigenvalue weighted by Gasteiger charge is -2.16. The number of fused-ring (bicyclic) bond motifs is 1. The summed E-state index contributed by atoms with van der Waals surface area (Å²) in [6.07, 6.45) is 4.80. The average molecular weight is 289 g/mol. The first-order chi connectivity index (χ1) is 10.1. The Bertz CT molecular complexity index is 615. The van der Waals surface area contributed by atoms with Gasteiger partial charge in [0.05, 0.1) is 11.8 Å². The molecule has 0 spiro atoms. The molecule has 0 radical (unpaired) electrons. The van der Waals surface area contributed by atoms with E-state index in [0.29, 0.717) is 25.2 Å². The van der Waals surface area contributed by atoms with E-state index in [1.165, 1.54) is 15.5 Å². The Morgan fingerprint density at radius 2 is 1.71 bits per heavy atom. The maximum atomic E-state index is 12.2. The van der Waals surface area contributed by atoms with E-state index in [1.54, 1.807) is 12.3 Å². The molecule has 3 rings (SSSR count). The molecule has 1 aromatic rings. The molecule has 2 aliphatic rings. The van der Waals surface area contributed by atoms with Crippen LogP contribution in [0.1, 0.15) is 25.7 Å². The van der Waals surface area contributed by atoms with Crippen molar-refractivity contribution in [2.45, 2.75) is 32.2 Å². The molecule has 2 unspecified atom stereocenters. The number of nitrogen functional groups attached to an aromatic ring is 1. The molecule has 2 fully saturated rings. The number of carbonyl (C=O) groups excluding carboxylic acids is 2. The van der Waals surface area contributed by atoms with Crippen molar-refractivity contribution >= 4 is 17.5 Å². The number of hydrogen-bond acceptors (Lipinski definition) is 4. The van der Waals surface area contributed by atoms with E-state index in [0.717, 1.165) is 19.3 Å². The second-order valence-corrected chi connectivity index (χ2v) is 5.82. The van der Waals surface area contributed by atoms with Crippen molar-refractivity contribution in [2.75, 3.05) is 12.3 Å². The average Bonchev–Trinajstić information content (AvgIpc) is 3.02. The number of anilines is 1. The summed E-state index contributed by atoms with van der Waals surface area (Å²) in [5.74, 6) is -0.231. The number of imide groups is 1. The molecule has 6 heteroatoms. The first-order valence-corrected chi connectivity index (χ1v) is 7.39. The van der Waals surface area contributed by atoms with Gasteiger partial charge in [-0.1, -0.05) is 6.42 Å². The number of nitrogens with zero attached hydrogens (tertiary/aromatic N) is 2. The molecule has 21 heavy (non-hydrogen) atoms. The van der Waals surface area contributed by atoms with E-state index < -0.39 is 0 Å². The zero-order valence-corrected chi connectivity index (χ0v) is 11.8. The van der Waals surface area contributed by atoms with Gasteiger partial charge in [0.2, 0.25) is 11.8 Å². The number of pyridine rings is 1. The Morgan fingerprint density at radius 1 is 1.05 bits per heavy atom. The summed E-state index contributed by atoms with van der Waals surface area (Å²) in [7, 11) is 0. The second-order valence-electron chi connectivity index (χ2n) is 5.82. The van der Waals surface area contributed by atoms with Gasteiger partial charge in [-0.25, -0.2) is 0 Å². The fourth-order valence-corrected chi connectivity index (χ4v) is 3.40. The molecule has 2 amide bonds. The first-order valence-electron chi connectivity index (χ1n) is 7.39. The molecule has 1 saturated carbocycles. The highest BCUT2D eigenvalue weighted by Gasteiger charge is 2.49. The Hall–Kier alpha value is -2.11. The summed E-state index contributed by atoms with van der Waals surface area (Å²) in [6.45, 7) is 0.835. The minimum absolute atomic E-state index is 0.0255. The van der Waals surface area contributed by atoms with E-state index in [4.69, 9.17) is 5.73 Å². The molecule has 6 nitrogen and oxygen atoms in total. The number of nitrogens with two attached hydrogens (primary N) is 1. The molecule has 2 heterocycles. The minimum Gasteiger partial charge on any atom is -0.398 e. The highest BCUT2D eigenvalue weighted by Crippen LogP contribution is 2.39. The van der Waals surface area contributed by atoms with Crippen LogP contribution in [0.25, 0.3) is 0 Å². The lowest BCUT2D eigenvalue weighted by atomic mass is 10.00. The number of rotatable bonds is 4. The van der Waals surface area contributed by atoms with Crippen LogP contribution < -0.4 is 11.3 Å². The first kappa shape index (κ1) is 13.9. The van der Waals surface area contributed by atoms with Crippen molar-refractivity contribution in [1.29, 1.82) is 0 Å². The SMILES string of the molecule is Nc1ccc(=O)n(CCCN2C(=O)C3CCCC3C2=O)c1. The van der Waals surface area contributed by atoms with Gasteiger partial charge >= 0.3 is 0 Å². The van der Waals surface area contributed by atoms with Gasteiger partial charge in [-0.3, -0.25) is 19.3 Å². The fraction of sp³-hybridized carbons (Fsp3) is 0.533. The molecular formula is C15H19N3O3. The van der Waals surface area contributed by atoms with Crippen LogP contribution in [0.5, 0.6) is 0 Å². The molecule has 0 aromatic carbocycles. The number of likely N-dealkylation sites (tertiary alicyclic amines) is 1. The Kier molecular flexibility index (Phi) is 3.53. The third kappa shape index (κ3) is 2.46. The third-order valence-corrected chi connectivity index (χ3v) is 4.47. The van der Waals surface area contributed by atoms with Gasteiger partial charge in [-0.05, 0) is 25.3 Å². The highest BCUT2D eigenvalue weighted by molar-refractivity contribution is 6.05.